The van der Waals surface area contributed by atoms with E-state index in [1.165, 1.54) is 12.4 Å². The summed E-state index contributed by atoms with van der Waals surface area (Å²) in [5, 5.41) is 10.2. The third-order valence-electron chi connectivity index (χ3n) is 3.35. The number of nitrogens with zero attached hydrogens (tertiary/aromatic N) is 1. The Kier molecular flexibility index (Phi) is 4.27. The van der Waals surface area contributed by atoms with Crippen molar-refractivity contribution in [3.05, 3.63) is 65.2 Å². The summed E-state index contributed by atoms with van der Waals surface area (Å²) in [6, 6.07) is 5.28. The molecular weight excluding hydrogens is 286 g/mol. The van der Waals surface area contributed by atoms with Crippen LogP contribution >= 0.6 is 0 Å². The van der Waals surface area contributed by atoms with Gasteiger partial charge in [0.15, 0.2) is 0 Å². The molecule has 0 fully saturated rings. The highest BCUT2D eigenvalue weighted by Crippen LogP contribution is 2.36. The molecule has 2 rings (SSSR count). The van der Waals surface area contributed by atoms with Crippen LogP contribution < -0.4 is 0 Å². The largest absolute Gasteiger partial charge is 0.416 e. The molecule has 0 aliphatic rings. The second-order valence-electron chi connectivity index (χ2n) is 4.75. The van der Waals surface area contributed by atoms with E-state index in [0.717, 1.165) is 6.07 Å². The van der Waals surface area contributed by atoms with Crippen molar-refractivity contribution in [3.8, 4) is 0 Å². The van der Waals surface area contributed by atoms with Gasteiger partial charge in [0.25, 0.3) is 0 Å². The van der Waals surface area contributed by atoms with Crippen LogP contribution in [0, 0.1) is 5.82 Å². The lowest BCUT2D eigenvalue weighted by Crippen LogP contribution is -2.12. The van der Waals surface area contributed by atoms with Crippen molar-refractivity contribution in [1.82, 2.24) is 4.98 Å². The maximum absolute atomic E-state index is 13.7. The third kappa shape index (κ3) is 3.39. The Balaban J connectivity index is 2.37. The van der Waals surface area contributed by atoms with Gasteiger partial charge in [-0.25, -0.2) is 4.39 Å². The van der Waals surface area contributed by atoms with E-state index in [-0.39, 0.29) is 5.56 Å². The zero-order valence-electron chi connectivity index (χ0n) is 11.1. The second kappa shape index (κ2) is 5.81. The fraction of sp³-hybridized carbons (Fsp3) is 0.267. The van der Waals surface area contributed by atoms with Gasteiger partial charge in [0.2, 0.25) is 0 Å². The monoisotopic (exact) mass is 299 g/mol. The van der Waals surface area contributed by atoms with Gasteiger partial charge in [-0.05, 0) is 35.9 Å². The molecule has 0 spiro atoms. The number of hydrogen-bond donors (Lipinski definition) is 1. The van der Waals surface area contributed by atoms with Crippen LogP contribution in [0.4, 0.5) is 17.6 Å². The van der Waals surface area contributed by atoms with E-state index >= 15 is 0 Å². The fourth-order valence-corrected chi connectivity index (χ4v) is 2.07. The van der Waals surface area contributed by atoms with E-state index in [2.05, 4.69) is 4.98 Å². The van der Waals surface area contributed by atoms with Crippen molar-refractivity contribution in [2.45, 2.75) is 25.1 Å². The highest BCUT2D eigenvalue weighted by Gasteiger charge is 2.32. The molecule has 0 radical (unpaired) electrons. The number of halogens is 4. The molecular formula is C15H13F4NO. The van der Waals surface area contributed by atoms with Gasteiger partial charge < -0.3 is 5.11 Å². The lowest BCUT2D eigenvalue weighted by atomic mass is 9.90. The molecule has 1 aromatic carbocycles. The molecule has 6 heteroatoms. The Morgan fingerprint density at radius 3 is 2.29 bits per heavy atom. The van der Waals surface area contributed by atoms with Crippen molar-refractivity contribution in [2.24, 2.45) is 0 Å². The highest BCUT2D eigenvalue weighted by atomic mass is 19.4. The minimum Gasteiger partial charge on any atom is -0.388 e. The first-order valence-corrected chi connectivity index (χ1v) is 6.25. The zero-order chi connectivity index (χ0) is 15.6. The summed E-state index contributed by atoms with van der Waals surface area (Å²) in [4.78, 5) is 3.82. The van der Waals surface area contributed by atoms with Crippen LogP contribution in [0.5, 0.6) is 0 Å². The van der Waals surface area contributed by atoms with Crippen LogP contribution in [-0.2, 0) is 6.18 Å². The molecule has 1 N–H and O–H groups in total. The first-order valence-electron chi connectivity index (χ1n) is 6.25. The number of alkyl halides is 3. The quantitative estimate of drug-likeness (QED) is 0.866. The third-order valence-corrected chi connectivity index (χ3v) is 3.35. The Bertz CT molecular complexity index is 613. The van der Waals surface area contributed by atoms with Gasteiger partial charge >= 0.3 is 6.18 Å². The van der Waals surface area contributed by atoms with Gasteiger partial charge in [-0.2, -0.15) is 13.2 Å². The minimum absolute atomic E-state index is 0.367. The van der Waals surface area contributed by atoms with Crippen LogP contribution in [0.15, 0.2) is 42.7 Å². The summed E-state index contributed by atoms with van der Waals surface area (Å²) >= 11 is 0. The van der Waals surface area contributed by atoms with E-state index in [0.29, 0.717) is 17.7 Å². The number of hydrogen-bond acceptors (Lipinski definition) is 2. The lowest BCUT2D eigenvalue weighted by molar-refractivity contribution is -0.137. The average Bonchev–Trinajstić information content (AvgIpc) is 2.46. The van der Waals surface area contributed by atoms with Gasteiger partial charge in [0, 0.05) is 23.9 Å². The van der Waals surface area contributed by atoms with Gasteiger partial charge in [-0.3, -0.25) is 4.98 Å². The molecule has 0 saturated heterocycles. The van der Waals surface area contributed by atoms with E-state index in [4.69, 9.17) is 0 Å². The molecule has 2 unspecified atom stereocenters. The first kappa shape index (κ1) is 15.4. The molecule has 21 heavy (non-hydrogen) atoms. The standard InChI is InChI=1S/C15H13F4NO/c1-9(10-4-6-20-7-5-10)14(21)12-8-11(15(17,18)19)2-3-13(12)16/h2-9,14,21H,1H3. The maximum atomic E-state index is 13.7. The number of rotatable bonds is 3. The van der Waals surface area contributed by atoms with Crippen molar-refractivity contribution in [3.63, 3.8) is 0 Å². The van der Waals surface area contributed by atoms with Crippen LogP contribution in [0.2, 0.25) is 0 Å². The Morgan fingerprint density at radius 2 is 1.71 bits per heavy atom. The predicted molar refractivity (Wildman–Crippen MR) is 69.0 cm³/mol. The summed E-state index contributed by atoms with van der Waals surface area (Å²) in [5.74, 6) is -1.43. The summed E-state index contributed by atoms with van der Waals surface area (Å²) in [6.07, 6.45) is -2.96. The average molecular weight is 299 g/mol. The van der Waals surface area contributed by atoms with Crippen molar-refractivity contribution < 1.29 is 22.7 Å². The smallest absolute Gasteiger partial charge is 0.388 e. The molecule has 0 saturated carbocycles. The molecule has 2 nitrogen and oxygen atoms in total. The molecule has 1 aromatic heterocycles. The minimum atomic E-state index is -4.58. The van der Waals surface area contributed by atoms with Crippen molar-refractivity contribution in [2.75, 3.05) is 0 Å². The van der Waals surface area contributed by atoms with Crippen LogP contribution in [0.3, 0.4) is 0 Å². The number of aliphatic hydroxyl groups is 1. The van der Waals surface area contributed by atoms with Gasteiger partial charge in [-0.1, -0.05) is 6.92 Å². The molecule has 0 bridgehead atoms. The number of pyridine rings is 1. The van der Waals surface area contributed by atoms with Crippen LogP contribution in [0.25, 0.3) is 0 Å². The lowest BCUT2D eigenvalue weighted by Gasteiger charge is -2.21. The Labute approximate surface area is 119 Å². The predicted octanol–water partition coefficient (Wildman–Crippen LogP) is 4.08. The SMILES string of the molecule is CC(c1ccncc1)C(O)c1cc(C(F)(F)F)ccc1F. The zero-order valence-corrected chi connectivity index (χ0v) is 11.1. The van der Waals surface area contributed by atoms with E-state index in [9.17, 15) is 22.7 Å². The molecule has 2 aromatic rings. The normalized spacial score (nSPS) is 14.8. The maximum Gasteiger partial charge on any atom is 0.416 e. The van der Waals surface area contributed by atoms with E-state index in [1.54, 1.807) is 19.1 Å². The van der Waals surface area contributed by atoms with Crippen LogP contribution in [0.1, 0.15) is 35.6 Å². The topological polar surface area (TPSA) is 33.1 Å². The van der Waals surface area contributed by atoms with Gasteiger partial charge in [-0.15, -0.1) is 0 Å². The first-order chi connectivity index (χ1) is 9.80. The molecule has 0 amide bonds. The molecule has 2 atom stereocenters. The van der Waals surface area contributed by atoms with Crippen LogP contribution in [-0.4, -0.2) is 10.1 Å². The number of aromatic nitrogens is 1. The number of benzene rings is 1. The van der Waals surface area contributed by atoms with Gasteiger partial charge in [0.05, 0.1) is 11.7 Å². The summed E-state index contributed by atoms with van der Waals surface area (Å²) in [6.45, 7) is 1.61. The highest BCUT2D eigenvalue weighted by molar-refractivity contribution is 5.31. The molecule has 112 valence electrons. The second-order valence-corrected chi connectivity index (χ2v) is 4.75. The molecule has 0 aliphatic heterocycles. The fourth-order valence-electron chi connectivity index (χ4n) is 2.07. The van der Waals surface area contributed by atoms with E-state index < -0.39 is 29.6 Å². The molecule has 1 heterocycles. The molecule has 0 aliphatic carbocycles. The number of aliphatic hydroxyl groups excluding tert-OH is 1. The summed E-state index contributed by atoms with van der Waals surface area (Å²) in [5.41, 5.74) is -0.691. The van der Waals surface area contributed by atoms with Gasteiger partial charge in [0.1, 0.15) is 5.82 Å². The summed E-state index contributed by atoms with van der Waals surface area (Å²) < 4.78 is 51.8. The summed E-state index contributed by atoms with van der Waals surface area (Å²) in [7, 11) is 0. The van der Waals surface area contributed by atoms with E-state index in [1.807, 2.05) is 0 Å². The Morgan fingerprint density at radius 1 is 1.10 bits per heavy atom. The van der Waals surface area contributed by atoms with Crippen molar-refractivity contribution >= 4 is 0 Å². The van der Waals surface area contributed by atoms with Crippen molar-refractivity contribution in [1.29, 1.82) is 0 Å². The Hall–Kier alpha value is -1.95.